The standard InChI is InChI=1S/C19H18N.C5H8O2.Ir/c1-12-7-13(2)10-16(9-12)18-6-5-17-15(4)8-14(3)11-19(17)20-18;1-4(6)3-5(2)7;/h5-9,11H,1-4H3;3,6H,1-2H3;/q-1;;. The molecule has 1 heterocycles. The second-order valence-corrected chi connectivity index (χ2v) is 7.00. The van der Waals surface area contributed by atoms with Gasteiger partial charge in [0, 0.05) is 31.6 Å². The fourth-order valence-electron chi connectivity index (χ4n) is 3.07. The average Bonchev–Trinajstić information content (AvgIpc) is 2.52. The summed E-state index contributed by atoms with van der Waals surface area (Å²) in [5.41, 5.74) is 8.07. The van der Waals surface area contributed by atoms with Crippen LogP contribution in [-0.4, -0.2) is 15.9 Å². The molecule has 4 heteroatoms. The first-order valence-corrected chi connectivity index (χ1v) is 8.92. The van der Waals surface area contributed by atoms with Crippen LogP contribution in [-0.2, 0) is 24.9 Å². The van der Waals surface area contributed by atoms with E-state index in [2.05, 4.69) is 70.2 Å². The third-order valence-electron chi connectivity index (χ3n) is 3.99. The van der Waals surface area contributed by atoms with Crippen molar-refractivity contribution in [3.63, 3.8) is 0 Å². The number of nitrogens with zero attached hydrogens (tertiary/aromatic N) is 1. The fourth-order valence-corrected chi connectivity index (χ4v) is 3.07. The summed E-state index contributed by atoms with van der Waals surface area (Å²) in [6, 6.07) is 16.3. The number of hydrogen-bond acceptors (Lipinski definition) is 3. The molecule has 0 amide bonds. The van der Waals surface area contributed by atoms with Crippen LogP contribution in [0.5, 0.6) is 0 Å². The van der Waals surface area contributed by atoms with E-state index < -0.39 is 0 Å². The number of pyridine rings is 1. The summed E-state index contributed by atoms with van der Waals surface area (Å²) in [4.78, 5) is 14.8. The molecule has 1 aromatic heterocycles. The molecule has 28 heavy (non-hydrogen) atoms. The molecule has 149 valence electrons. The molecule has 3 aromatic rings. The third kappa shape index (κ3) is 6.70. The minimum Gasteiger partial charge on any atom is -0.512 e. The summed E-state index contributed by atoms with van der Waals surface area (Å²) >= 11 is 0. The molecular weight excluding hydrogens is 526 g/mol. The Morgan fingerprint density at radius 1 is 1.00 bits per heavy atom. The van der Waals surface area contributed by atoms with Crippen LogP contribution in [0.2, 0.25) is 0 Å². The molecule has 1 radical (unpaired) electrons. The number of carbonyl (C=O) groups is 1. The topological polar surface area (TPSA) is 50.2 Å². The number of aliphatic hydroxyl groups excluding tert-OH is 1. The Labute approximate surface area is 180 Å². The van der Waals surface area contributed by atoms with Crippen LogP contribution in [0.25, 0.3) is 22.2 Å². The second kappa shape index (κ2) is 10.3. The van der Waals surface area contributed by atoms with Crippen molar-refractivity contribution in [3.8, 4) is 11.3 Å². The Hall–Kier alpha value is -2.29. The average molecular weight is 553 g/mol. The third-order valence-corrected chi connectivity index (χ3v) is 3.99. The van der Waals surface area contributed by atoms with Gasteiger partial charge in [-0.15, -0.1) is 34.9 Å². The summed E-state index contributed by atoms with van der Waals surface area (Å²) in [5.74, 6) is -0.0625. The number of carbonyl (C=O) groups excluding carboxylic acids is 1. The zero-order valence-electron chi connectivity index (χ0n) is 17.2. The number of rotatable bonds is 2. The van der Waals surface area contributed by atoms with Crippen molar-refractivity contribution >= 4 is 16.7 Å². The number of hydrogen-bond donors (Lipinski definition) is 1. The van der Waals surface area contributed by atoms with E-state index in [4.69, 9.17) is 10.1 Å². The van der Waals surface area contributed by atoms with E-state index in [1.165, 1.54) is 42.0 Å². The molecular formula is C24H26IrNO2-. The Bertz CT molecular complexity index is 998. The maximum Gasteiger partial charge on any atom is 0.155 e. The molecule has 0 atom stereocenters. The van der Waals surface area contributed by atoms with E-state index in [-0.39, 0.29) is 31.6 Å². The van der Waals surface area contributed by atoms with Crippen molar-refractivity contribution in [1.29, 1.82) is 0 Å². The largest absolute Gasteiger partial charge is 0.512 e. The van der Waals surface area contributed by atoms with Crippen LogP contribution < -0.4 is 0 Å². The zero-order chi connectivity index (χ0) is 20.1. The van der Waals surface area contributed by atoms with Gasteiger partial charge < -0.3 is 5.11 Å². The summed E-state index contributed by atoms with van der Waals surface area (Å²) in [7, 11) is 0. The summed E-state index contributed by atoms with van der Waals surface area (Å²) < 4.78 is 0. The van der Waals surface area contributed by atoms with Crippen LogP contribution in [0.3, 0.4) is 0 Å². The molecule has 0 saturated carbocycles. The van der Waals surface area contributed by atoms with Crippen molar-refractivity contribution in [2.45, 2.75) is 41.5 Å². The molecule has 0 bridgehead atoms. The maximum atomic E-state index is 10.0. The van der Waals surface area contributed by atoms with Gasteiger partial charge in [-0.3, -0.25) is 9.78 Å². The van der Waals surface area contributed by atoms with E-state index in [0.29, 0.717) is 0 Å². The van der Waals surface area contributed by atoms with Gasteiger partial charge in [-0.25, -0.2) is 0 Å². The van der Waals surface area contributed by atoms with Gasteiger partial charge in [0.25, 0.3) is 0 Å². The molecule has 3 rings (SSSR count). The second-order valence-electron chi connectivity index (χ2n) is 7.00. The van der Waals surface area contributed by atoms with Gasteiger partial charge in [0.15, 0.2) is 5.78 Å². The first kappa shape index (κ1) is 23.7. The summed E-state index contributed by atoms with van der Waals surface area (Å²) in [6.45, 7) is 11.3. The minimum absolute atomic E-state index is 0. The van der Waals surface area contributed by atoms with Crippen molar-refractivity contribution in [1.82, 2.24) is 4.98 Å². The van der Waals surface area contributed by atoms with Gasteiger partial charge in [-0.05, 0) is 50.6 Å². The molecule has 2 aromatic carbocycles. The minimum atomic E-state index is -0.125. The van der Waals surface area contributed by atoms with Gasteiger partial charge in [0.2, 0.25) is 0 Å². The van der Waals surface area contributed by atoms with Crippen molar-refractivity contribution in [3.05, 3.63) is 76.6 Å². The Balaban J connectivity index is 0.000000425. The predicted molar refractivity (Wildman–Crippen MR) is 112 cm³/mol. The monoisotopic (exact) mass is 553 g/mol. The number of benzene rings is 2. The quantitative estimate of drug-likeness (QED) is 0.242. The smallest absolute Gasteiger partial charge is 0.155 e. The molecule has 0 spiro atoms. The Morgan fingerprint density at radius 3 is 2.18 bits per heavy atom. The molecule has 0 aliphatic heterocycles. The number of aromatic nitrogens is 1. The molecule has 1 N–H and O–H groups in total. The van der Waals surface area contributed by atoms with Gasteiger partial charge in [0.1, 0.15) is 0 Å². The van der Waals surface area contributed by atoms with E-state index in [9.17, 15) is 4.79 Å². The Morgan fingerprint density at radius 2 is 1.64 bits per heavy atom. The van der Waals surface area contributed by atoms with Crippen LogP contribution in [0.15, 0.2) is 48.2 Å². The predicted octanol–water partition coefficient (Wildman–Crippen LogP) is 5.97. The van der Waals surface area contributed by atoms with E-state index in [1.54, 1.807) is 0 Å². The molecule has 0 unspecified atom stereocenters. The van der Waals surface area contributed by atoms with Crippen LogP contribution >= 0.6 is 0 Å². The SMILES string of the molecule is CC(=O)C=C(C)O.Cc1[c-]c(-c2ccc3c(C)cc(C)cc3n2)cc(C)c1.[Ir]. The Kier molecular flexibility index (Phi) is 8.74. The van der Waals surface area contributed by atoms with Crippen LogP contribution in [0.4, 0.5) is 0 Å². The first-order valence-electron chi connectivity index (χ1n) is 8.92. The normalized spacial score (nSPS) is 10.7. The molecule has 0 fully saturated rings. The maximum absolute atomic E-state index is 10.0. The van der Waals surface area contributed by atoms with E-state index in [1.807, 2.05) is 0 Å². The number of aryl methyl sites for hydroxylation is 4. The van der Waals surface area contributed by atoms with E-state index in [0.717, 1.165) is 22.3 Å². The molecule has 0 aliphatic rings. The first-order chi connectivity index (χ1) is 12.7. The van der Waals surface area contributed by atoms with Gasteiger partial charge in [-0.1, -0.05) is 32.0 Å². The van der Waals surface area contributed by atoms with Crippen LogP contribution in [0, 0.1) is 33.8 Å². The van der Waals surface area contributed by atoms with Gasteiger partial charge in [-0.2, -0.15) is 0 Å². The molecule has 0 saturated heterocycles. The fraction of sp³-hybridized carbons (Fsp3) is 0.250. The van der Waals surface area contributed by atoms with E-state index >= 15 is 0 Å². The van der Waals surface area contributed by atoms with Crippen molar-refractivity contribution < 1.29 is 30.0 Å². The number of ketones is 1. The zero-order valence-corrected chi connectivity index (χ0v) is 19.6. The van der Waals surface area contributed by atoms with Gasteiger partial charge in [0.05, 0.1) is 11.3 Å². The van der Waals surface area contributed by atoms with Gasteiger partial charge >= 0.3 is 0 Å². The number of allylic oxidation sites excluding steroid dienone is 2. The summed E-state index contributed by atoms with van der Waals surface area (Å²) in [6.07, 6.45) is 1.17. The van der Waals surface area contributed by atoms with Crippen molar-refractivity contribution in [2.75, 3.05) is 0 Å². The van der Waals surface area contributed by atoms with Crippen molar-refractivity contribution in [2.24, 2.45) is 0 Å². The number of fused-ring (bicyclic) bond motifs is 1. The van der Waals surface area contributed by atoms with Crippen LogP contribution in [0.1, 0.15) is 36.1 Å². The molecule has 0 aliphatic carbocycles. The molecule has 3 nitrogen and oxygen atoms in total. The summed E-state index contributed by atoms with van der Waals surface area (Å²) in [5, 5.41) is 9.59. The number of aliphatic hydroxyl groups is 1.